The molecule has 1 aliphatic rings. The van der Waals surface area contributed by atoms with E-state index < -0.39 is 0 Å². The van der Waals surface area contributed by atoms with Crippen LogP contribution in [0, 0.1) is 18.3 Å². The molecule has 2 heteroatoms. The molecule has 1 fully saturated rings. The summed E-state index contributed by atoms with van der Waals surface area (Å²) in [5.74, 6) is 2.07. The Kier molecular flexibility index (Phi) is 0.980. The van der Waals surface area contributed by atoms with Crippen LogP contribution in [0.5, 0.6) is 0 Å². The average Bonchev–Trinajstić information content (AvgIpc) is 1.81. The van der Waals surface area contributed by atoms with Crippen molar-refractivity contribution < 1.29 is 9.53 Å². The molecule has 8 heavy (non-hydrogen) atoms. The summed E-state index contributed by atoms with van der Waals surface area (Å²) in [6.07, 6.45) is 4.70. The van der Waals surface area contributed by atoms with Gasteiger partial charge in [0.05, 0.1) is 0 Å². The van der Waals surface area contributed by atoms with Crippen molar-refractivity contribution >= 4 is 5.97 Å². The lowest BCUT2D eigenvalue weighted by molar-refractivity contribution is -0.175. The first-order valence-electron chi connectivity index (χ1n) is 2.42. The fraction of sp³-hybridized carbons (Fsp3) is 0.500. The molecule has 0 amide bonds. The van der Waals surface area contributed by atoms with Crippen LogP contribution < -0.4 is 0 Å². The maximum atomic E-state index is 10.3. The predicted molar refractivity (Wildman–Crippen MR) is 27.9 cm³/mol. The zero-order valence-electron chi connectivity index (χ0n) is 4.55. The van der Waals surface area contributed by atoms with Gasteiger partial charge in [-0.2, -0.15) is 0 Å². The van der Waals surface area contributed by atoms with E-state index in [-0.39, 0.29) is 18.0 Å². The maximum absolute atomic E-state index is 10.3. The van der Waals surface area contributed by atoms with E-state index in [2.05, 4.69) is 10.7 Å². The van der Waals surface area contributed by atoms with Gasteiger partial charge in [-0.3, -0.25) is 4.79 Å². The van der Waals surface area contributed by atoms with Crippen molar-refractivity contribution in [3.05, 3.63) is 0 Å². The SMILES string of the molecule is C#C[C@H]1OC(=O)[C@H]1C. The molecule has 0 bridgehead atoms. The minimum absolute atomic E-state index is 0.0833. The van der Waals surface area contributed by atoms with Crippen molar-refractivity contribution in [2.45, 2.75) is 13.0 Å². The average molecular weight is 110 g/mol. The Morgan fingerprint density at radius 2 is 2.50 bits per heavy atom. The lowest BCUT2D eigenvalue weighted by Gasteiger charge is -2.27. The molecule has 0 aromatic rings. The normalized spacial score (nSPS) is 34.8. The van der Waals surface area contributed by atoms with Crippen molar-refractivity contribution in [2.24, 2.45) is 5.92 Å². The van der Waals surface area contributed by atoms with Crippen LogP contribution in [0.2, 0.25) is 0 Å². The third kappa shape index (κ3) is 0.481. The Morgan fingerprint density at radius 3 is 2.62 bits per heavy atom. The summed E-state index contributed by atoms with van der Waals surface area (Å²) in [5.41, 5.74) is 0. The van der Waals surface area contributed by atoms with Gasteiger partial charge in [0.15, 0.2) is 6.10 Å². The highest BCUT2D eigenvalue weighted by Gasteiger charge is 2.36. The molecular formula is C6H6O2. The van der Waals surface area contributed by atoms with E-state index in [1.165, 1.54) is 0 Å². The molecule has 0 unspecified atom stereocenters. The summed E-state index contributed by atoms with van der Waals surface area (Å²) in [6, 6.07) is 0. The first kappa shape index (κ1) is 5.17. The van der Waals surface area contributed by atoms with Crippen molar-refractivity contribution in [1.82, 2.24) is 0 Å². The van der Waals surface area contributed by atoms with E-state index in [0.29, 0.717) is 0 Å². The van der Waals surface area contributed by atoms with E-state index in [4.69, 9.17) is 6.42 Å². The molecule has 0 saturated carbocycles. The van der Waals surface area contributed by atoms with E-state index in [1.54, 1.807) is 6.92 Å². The summed E-state index contributed by atoms with van der Waals surface area (Å²) in [7, 11) is 0. The second-order valence-corrected chi connectivity index (χ2v) is 1.81. The van der Waals surface area contributed by atoms with E-state index >= 15 is 0 Å². The van der Waals surface area contributed by atoms with Crippen LogP contribution in [0.1, 0.15) is 6.92 Å². The van der Waals surface area contributed by atoms with Gasteiger partial charge in [-0.1, -0.05) is 5.92 Å². The number of hydrogen-bond acceptors (Lipinski definition) is 2. The highest BCUT2D eigenvalue weighted by molar-refractivity contribution is 5.79. The van der Waals surface area contributed by atoms with Crippen molar-refractivity contribution in [3.8, 4) is 12.3 Å². The predicted octanol–water partition coefficient (Wildman–Crippen LogP) is 0.181. The van der Waals surface area contributed by atoms with Gasteiger partial charge in [-0.25, -0.2) is 0 Å². The van der Waals surface area contributed by atoms with Crippen LogP contribution in [-0.2, 0) is 9.53 Å². The zero-order valence-corrected chi connectivity index (χ0v) is 4.55. The van der Waals surface area contributed by atoms with E-state index in [0.717, 1.165) is 0 Å². The largest absolute Gasteiger partial charge is 0.448 e. The molecule has 1 rings (SSSR count). The van der Waals surface area contributed by atoms with E-state index in [1.807, 2.05) is 0 Å². The van der Waals surface area contributed by atoms with Gasteiger partial charge in [0.1, 0.15) is 5.92 Å². The van der Waals surface area contributed by atoms with Crippen LogP contribution in [0.25, 0.3) is 0 Å². The Hall–Kier alpha value is -0.970. The number of cyclic esters (lactones) is 1. The molecule has 0 spiro atoms. The molecule has 0 radical (unpaired) electrons. The number of terminal acetylenes is 1. The second kappa shape index (κ2) is 1.52. The topological polar surface area (TPSA) is 26.3 Å². The highest BCUT2D eigenvalue weighted by atomic mass is 16.6. The van der Waals surface area contributed by atoms with Crippen LogP contribution >= 0.6 is 0 Å². The third-order valence-corrected chi connectivity index (χ3v) is 1.23. The molecule has 42 valence electrons. The number of ether oxygens (including phenoxy) is 1. The van der Waals surface area contributed by atoms with Gasteiger partial charge in [-0.05, 0) is 6.92 Å². The van der Waals surface area contributed by atoms with Crippen molar-refractivity contribution in [1.29, 1.82) is 0 Å². The number of carbonyl (C=O) groups excluding carboxylic acids is 1. The van der Waals surface area contributed by atoms with Crippen LogP contribution in [0.3, 0.4) is 0 Å². The minimum Gasteiger partial charge on any atom is -0.448 e. The fourth-order valence-corrected chi connectivity index (χ4v) is 0.564. The summed E-state index contributed by atoms with van der Waals surface area (Å²) < 4.78 is 4.53. The zero-order chi connectivity index (χ0) is 6.15. The Labute approximate surface area is 47.8 Å². The number of carbonyl (C=O) groups is 1. The van der Waals surface area contributed by atoms with Gasteiger partial charge in [0.2, 0.25) is 0 Å². The standard InChI is InChI=1S/C6H6O2/c1-3-5-4(2)6(7)8-5/h1,4-5H,2H3/t4-,5+/m0/s1. The Morgan fingerprint density at radius 1 is 1.88 bits per heavy atom. The molecule has 1 saturated heterocycles. The van der Waals surface area contributed by atoms with Gasteiger partial charge < -0.3 is 4.74 Å². The van der Waals surface area contributed by atoms with Gasteiger partial charge >= 0.3 is 5.97 Å². The molecule has 2 atom stereocenters. The summed E-state index contributed by atoms with van der Waals surface area (Å²) >= 11 is 0. The van der Waals surface area contributed by atoms with Crippen LogP contribution in [0.15, 0.2) is 0 Å². The van der Waals surface area contributed by atoms with Gasteiger partial charge in [-0.15, -0.1) is 6.42 Å². The number of hydrogen-bond donors (Lipinski definition) is 0. The minimum atomic E-state index is -0.262. The summed E-state index contributed by atoms with van der Waals surface area (Å²) in [4.78, 5) is 10.3. The summed E-state index contributed by atoms with van der Waals surface area (Å²) in [6.45, 7) is 1.76. The van der Waals surface area contributed by atoms with Crippen LogP contribution in [-0.4, -0.2) is 12.1 Å². The third-order valence-electron chi connectivity index (χ3n) is 1.23. The lowest BCUT2D eigenvalue weighted by atomic mass is 10.0. The lowest BCUT2D eigenvalue weighted by Crippen LogP contribution is -2.41. The summed E-state index contributed by atoms with van der Waals surface area (Å²) in [5, 5.41) is 0. The molecule has 0 aliphatic carbocycles. The Balaban J connectivity index is 2.50. The molecule has 1 aliphatic heterocycles. The highest BCUT2D eigenvalue weighted by Crippen LogP contribution is 2.19. The van der Waals surface area contributed by atoms with Crippen molar-refractivity contribution in [2.75, 3.05) is 0 Å². The first-order chi connectivity index (χ1) is 3.75. The first-order valence-corrected chi connectivity index (χ1v) is 2.42. The molecule has 2 nitrogen and oxygen atoms in total. The molecular weight excluding hydrogens is 104 g/mol. The fourth-order valence-electron chi connectivity index (χ4n) is 0.564. The molecule has 0 N–H and O–H groups in total. The van der Waals surface area contributed by atoms with Crippen molar-refractivity contribution in [3.63, 3.8) is 0 Å². The number of esters is 1. The quantitative estimate of drug-likeness (QED) is 0.328. The Bertz CT molecular complexity index is 154. The smallest absolute Gasteiger partial charge is 0.314 e. The number of rotatable bonds is 0. The van der Waals surface area contributed by atoms with Gasteiger partial charge in [0.25, 0.3) is 0 Å². The molecule has 0 aromatic carbocycles. The molecule has 1 heterocycles. The maximum Gasteiger partial charge on any atom is 0.314 e. The van der Waals surface area contributed by atoms with Gasteiger partial charge in [0, 0.05) is 0 Å². The molecule has 0 aromatic heterocycles. The second-order valence-electron chi connectivity index (χ2n) is 1.81. The van der Waals surface area contributed by atoms with Crippen LogP contribution in [0.4, 0.5) is 0 Å². The monoisotopic (exact) mass is 110 g/mol. The van der Waals surface area contributed by atoms with E-state index in [9.17, 15) is 4.79 Å².